The molecule has 4 aromatic rings. The Balaban J connectivity index is 1.99. The maximum Gasteiger partial charge on any atom is 0.203 e. The fourth-order valence-electron chi connectivity index (χ4n) is 3.54. The van der Waals surface area contributed by atoms with Crippen molar-refractivity contribution in [1.82, 2.24) is 29.1 Å². The van der Waals surface area contributed by atoms with Gasteiger partial charge in [-0.05, 0) is 45.9 Å². The number of ether oxygens (including phenoxy) is 1. The summed E-state index contributed by atoms with van der Waals surface area (Å²) in [5, 5.41) is 11.9. The van der Waals surface area contributed by atoms with Crippen LogP contribution in [0.2, 0.25) is 0 Å². The minimum atomic E-state index is 0.0443. The smallest absolute Gasteiger partial charge is 0.203 e. The number of nitrogens with zero attached hydrogens (tertiary/aromatic N) is 6. The Morgan fingerprint density at radius 1 is 1.17 bits per heavy atom. The Morgan fingerprint density at radius 3 is 2.69 bits per heavy atom. The molecule has 29 heavy (non-hydrogen) atoms. The Hall–Kier alpha value is -3.20. The van der Waals surface area contributed by atoms with Crippen LogP contribution in [0.3, 0.4) is 0 Å². The van der Waals surface area contributed by atoms with Crippen molar-refractivity contribution in [3.8, 4) is 11.5 Å². The van der Waals surface area contributed by atoms with E-state index in [1.165, 1.54) is 0 Å². The Kier molecular flexibility index (Phi) is 4.83. The van der Waals surface area contributed by atoms with Gasteiger partial charge in [0.25, 0.3) is 0 Å². The first-order valence-electron chi connectivity index (χ1n) is 9.64. The molecule has 0 bridgehead atoms. The third kappa shape index (κ3) is 3.38. The number of fused-ring (bicyclic) bond motifs is 2. The zero-order valence-corrected chi connectivity index (χ0v) is 17.3. The van der Waals surface area contributed by atoms with Crippen molar-refractivity contribution in [2.75, 3.05) is 24.8 Å². The Bertz CT molecular complexity index is 1180. The summed E-state index contributed by atoms with van der Waals surface area (Å²) in [6.45, 7) is 8.67. The van der Waals surface area contributed by atoms with Gasteiger partial charge >= 0.3 is 0 Å². The van der Waals surface area contributed by atoms with Gasteiger partial charge in [0, 0.05) is 25.0 Å². The van der Waals surface area contributed by atoms with Crippen LogP contribution in [-0.2, 0) is 4.74 Å². The Morgan fingerprint density at radius 2 is 1.97 bits per heavy atom. The van der Waals surface area contributed by atoms with Crippen molar-refractivity contribution >= 4 is 28.2 Å². The number of nitrogens with two attached hydrogens (primary N) is 1. The molecule has 0 amide bonds. The molecular formula is C20H26N8O. The first-order valence-corrected chi connectivity index (χ1v) is 9.64. The molecule has 1 aromatic carbocycles. The molecule has 3 N–H and O–H groups in total. The lowest BCUT2D eigenvalue weighted by Gasteiger charge is -2.18. The van der Waals surface area contributed by atoms with Crippen molar-refractivity contribution in [2.24, 2.45) is 0 Å². The Labute approximate surface area is 168 Å². The van der Waals surface area contributed by atoms with E-state index in [1.807, 2.05) is 35.7 Å². The molecule has 3 aromatic heterocycles. The summed E-state index contributed by atoms with van der Waals surface area (Å²) in [5.74, 6) is 2.21. The topological polar surface area (TPSA) is 108 Å². The van der Waals surface area contributed by atoms with Gasteiger partial charge in [-0.3, -0.25) is 4.40 Å². The van der Waals surface area contributed by atoms with Crippen molar-refractivity contribution in [2.45, 2.75) is 39.8 Å². The zero-order chi connectivity index (χ0) is 20.7. The summed E-state index contributed by atoms with van der Waals surface area (Å²) >= 11 is 0. The first kappa shape index (κ1) is 19.1. The average molecular weight is 394 g/mol. The van der Waals surface area contributed by atoms with Crippen LogP contribution in [0.25, 0.3) is 28.2 Å². The molecule has 0 aliphatic heterocycles. The second kappa shape index (κ2) is 7.32. The molecule has 0 radical (unpaired) electrons. The number of nitrogens with one attached hydrogen (secondary N) is 1. The number of anilines is 2. The molecular weight excluding hydrogens is 368 g/mol. The highest BCUT2D eigenvalue weighted by Gasteiger charge is 2.21. The second-order valence-corrected chi connectivity index (χ2v) is 7.57. The van der Waals surface area contributed by atoms with Gasteiger partial charge in [0.15, 0.2) is 11.6 Å². The standard InChI is InChI=1S/C20H26N8O/c1-11(2)22-18-20-26-25-13(4)27(20)9-16(23-18)19-24-15-7-6-14(21)8-17(15)28(19)12(3)10-29-5/h6-9,11-12H,10,21H2,1-5H3,(H,22,23). The van der Waals surface area contributed by atoms with Gasteiger partial charge in [0.1, 0.15) is 11.5 Å². The molecule has 1 atom stereocenters. The van der Waals surface area contributed by atoms with Gasteiger partial charge in [-0.1, -0.05) is 0 Å². The van der Waals surface area contributed by atoms with E-state index in [0.717, 1.165) is 28.4 Å². The molecule has 3 heterocycles. The van der Waals surface area contributed by atoms with Crippen molar-refractivity contribution in [3.63, 3.8) is 0 Å². The number of aromatic nitrogens is 6. The van der Waals surface area contributed by atoms with Gasteiger partial charge in [0.05, 0.1) is 23.7 Å². The van der Waals surface area contributed by atoms with Crippen molar-refractivity contribution in [3.05, 3.63) is 30.2 Å². The first-order chi connectivity index (χ1) is 13.9. The van der Waals surface area contributed by atoms with E-state index in [4.69, 9.17) is 20.4 Å². The van der Waals surface area contributed by atoms with Crippen LogP contribution in [0.15, 0.2) is 24.4 Å². The molecule has 1 unspecified atom stereocenters. The predicted molar refractivity (Wildman–Crippen MR) is 114 cm³/mol. The number of hydrogen-bond acceptors (Lipinski definition) is 7. The highest BCUT2D eigenvalue weighted by molar-refractivity contribution is 5.83. The summed E-state index contributed by atoms with van der Waals surface area (Å²) < 4.78 is 9.48. The molecule has 0 saturated heterocycles. The quantitative estimate of drug-likeness (QED) is 0.484. The number of imidazole rings is 1. The number of methoxy groups -OCH3 is 1. The molecule has 0 fully saturated rings. The molecule has 9 heteroatoms. The predicted octanol–water partition coefficient (Wildman–Crippen LogP) is 3.06. The molecule has 9 nitrogen and oxygen atoms in total. The van der Waals surface area contributed by atoms with Crippen LogP contribution in [0.1, 0.15) is 32.6 Å². The van der Waals surface area contributed by atoms with Gasteiger partial charge in [-0.25, -0.2) is 9.97 Å². The van der Waals surface area contributed by atoms with Crippen molar-refractivity contribution in [1.29, 1.82) is 0 Å². The van der Waals surface area contributed by atoms with Crippen LogP contribution in [0.4, 0.5) is 11.5 Å². The van der Waals surface area contributed by atoms with E-state index in [-0.39, 0.29) is 12.1 Å². The van der Waals surface area contributed by atoms with Crippen LogP contribution in [-0.4, -0.2) is 48.9 Å². The van der Waals surface area contributed by atoms with Crippen LogP contribution in [0, 0.1) is 6.92 Å². The molecule has 0 spiro atoms. The molecule has 0 saturated carbocycles. The average Bonchev–Trinajstić information content (AvgIpc) is 3.22. The summed E-state index contributed by atoms with van der Waals surface area (Å²) in [6, 6.07) is 5.97. The van der Waals surface area contributed by atoms with Gasteiger partial charge in [-0.15, -0.1) is 10.2 Å². The number of aryl methyl sites for hydroxylation is 1. The van der Waals surface area contributed by atoms with E-state index in [9.17, 15) is 0 Å². The lowest BCUT2D eigenvalue weighted by atomic mass is 10.2. The maximum atomic E-state index is 6.06. The van der Waals surface area contributed by atoms with Crippen LogP contribution >= 0.6 is 0 Å². The fourth-order valence-corrected chi connectivity index (χ4v) is 3.54. The van der Waals surface area contributed by atoms with Gasteiger partial charge < -0.3 is 20.4 Å². The van der Waals surface area contributed by atoms with E-state index < -0.39 is 0 Å². The minimum Gasteiger partial charge on any atom is -0.399 e. The summed E-state index contributed by atoms with van der Waals surface area (Å²) in [6.07, 6.45) is 1.93. The SMILES string of the molecule is COCC(C)n1c(-c2cn3c(C)nnc3c(NC(C)C)n2)nc2ccc(N)cc21. The van der Waals surface area contributed by atoms with Crippen LogP contribution < -0.4 is 11.1 Å². The second-order valence-electron chi connectivity index (χ2n) is 7.57. The highest BCUT2D eigenvalue weighted by atomic mass is 16.5. The van der Waals surface area contributed by atoms with Crippen molar-refractivity contribution < 1.29 is 4.74 Å². The summed E-state index contributed by atoms with van der Waals surface area (Å²) in [7, 11) is 1.69. The van der Waals surface area contributed by atoms with E-state index in [0.29, 0.717) is 23.8 Å². The minimum absolute atomic E-state index is 0.0443. The lowest BCUT2D eigenvalue weighted by Crippen LogP contribution is -2.15. The van der Waals surface area contributed by atoms with E-state index in [2.05, 4.69) is 40.9 Å². The number of benzene rings is 1. The number of rotatable bonds is 6. The van der Waals surface area contributed by atoms with Gasteiger partial charge in [-0.2, -0.15) is 0 Å². The molecule has 4 rings (SSSR count). The number of hydrogen-bond donors (Lipinski definition) is 2. The molecule has 0 aliphatic rings. The molecule has 152 valence electrons. The van der Waals surface area contributed by atoms with Crippen LogP contribution in [0.5, 0.6) is 0 Å². The maximum absolute atomic E-state index is 6.06. The lowest BCUT2D eigenvalue weighted by molar-refractivity contribution is 0.164. The molecule has 0 aliphatic carbocycles. The highest BCUT2D eigenvalue weighted by Crippen LogP contribution is 2.30. The summed E-state index contributed by atoms with van der Waals surface area (Å²) in [5.41, 5.74) is 9.97. The van der Waals surface area contributed by atoms with E-state index in [1.54, 1.807) is 7.11 Å². The monoisotopic (exact) mass is 394 g/mol. The fraction of sp³-hybridized carbons (Fsp3) is 0.400. The summed E-state index contributed by atoms with van der Waals surface area (Å²) in [4.78, 5) is 9.73. The normalized spacial score (nSPS) is 12.9. The third-order valence-electron chi connectivity index (χ3n) is 4.78. The zero-order valence-electron chi connectivity index (χ0n) is 17.3. The largest absolute Gasteiger partial charge is 0.399 e. The number of nitrogen functional groups attached to an aromatic ring is 1. The van der Waals surface area contributed by atoms with Gasteiger partial charge in [0.2, 0.25) is 5.65 Å². The third-order valence-corrected chi connectivity index (χ3v) is 4.78. The van der Waals surface area contributed by atoms with E-state index >= 15 is 0 Å².